The third-order valence-electron chi connectivity index (χ3n) is 2.79. The van der Waals surface area contributed by atoms with Crippen molar-refractivity contribution in [2.75, 3.05) is 27.3 Å². The lowest BCUT2D eigenvalue weighted by atomic mass is 10.1. The Hall–Kier alpha value is -1.65. The third-order valence-corrected chi connectivity index (χ3v) is 2.79. The maximum atomic E-state index is 10.6. The number of methoxy groups -OCH3 is 1. The van der Waals surface area contributed by atoms with Crippen LogP contribution in [0.25, 0.3) is 6.08 Å². The Morgan fingerprint density at radius 2 is 2.16 bits per heavy atom. The molecule has 0 saturated carbocycles. The minimum Gasteiger partial charge on any atom is -0.478 e. The summed E-state index contributed by atoms with van der Waals surface area (Å²) in [6, 6.07) is 7.83. The summed E-state index contributed by atoms with van der Waals surface area (Å²) >= 11 is 0. The second kappa shape index (κ2) is 8.45. The van der Waals surface area contributed by atoms with E-state index in [1.165, 1.54) is 6.08 Å². The molecule has 0 saturated heterocycles. The van der Waals surface area contributed by atoms with Crippen LogP contribution in [-0.4, -0.2) is 43.3 Å². The Morgan fingerprint density at radius 1 is 1.42 bits per heavy atom. The van der Waals surface area contributed by atoms with Crippen LogP contribution in [0.1, 0.15) is 17.5 Å². The molecule has 0 bridgehead atoms. The number of hydrogen-bond acceptors (Lipinski definition) is 3. The molecule has 1 aromatic rings. The molecule has 1 rings (SSSR count). The fourth-order valence-electron chi connectivity index (χ4n) is 1.85. The maximum absolute atomic E-state index is 10.6. The number of benzene rings is 1. The van der Waals surface area contributed by atoms with Gasteiger partial charge in [-0.25, -0.2) is 4.79 Å². The first-order valence-corrected chi connectivity index (χ1v) is 6.30. The number of aliphatic carboxylic acids is 1. The molecular weight excluding hydrogens is 242 g/mol. The topological polar surface area (TPSA) is 49.8 Å². The Labute approximate surface area is 114 Å². The van der Waals surface area contributed by atoms with Crippen LogP contribution in [0.3, 0.4) is 0 Å². The molecule has 1 aromatic carbocycles. The van der Waals surface area contributed by atoms with Gasteiger partial charge in [-0.05, 0) is 30.7 Å². The van der Waals surface area contributed by atoms with Crippen molar-refractivity contribution in [1.82, 2.24) is 4.90 Å². The van der Waals surface area contributed by atoms with Gasteiger partial charge in [0.15, 0.2) is 0 Å². The fourth-order valence-corrected chi connectivity index (χ4v) is 1.85. The van der Waals surface area contributed by atoms with Crippen molar-refractivity contribution in [3.63, 3.8) is 0 Å². The number of ether oxygens (including phenoxy) is 1. The number of rotatable bonds is 8. The molecule has 0 fully saturated rings. The number of hydrogen-bond donors (Lipinski definition) is 1. The summed E-state index contributed by atoms with van der Waals surface area (Å²) in [5.41, 5.74) is 2.07. The van der Waals surface area contributed by atoms with E-state index in [1.54, 1.807) is 13.2 Å². The van der Waals surface area contributed by atoms with Crippen molar-refractivity contribution in [2.24, 2.45) is 0 Å². The van der Waals surface area contributed by atoms with Gasteiger partial charge in [0.2, 0.25) is 0 Å². The van der Waals surface area contributed by atoms with E-state index < -0.39 is 5.97 Å². The minimum absolute atomic E-state index is 0.755. The quantitative estimate of drug-likeness (QED) is 0.577. The highest BCUT2D eigenvalue weighted by molar-refractivity contribution is 5.85. The van der Waals surface area contributed by atoms with E-state index >= 15 is 0 Å². The lowest BCUT2D eigenvalue weighted by Gasteiger charge is -2.17. The summed E-state index contributed by atoms with van der Waals surface area (Å²) in [4.78, 5) is 12.8. The van der Waals surface area contributed by atoms with E-state index in [1.807, 2.05) is 31.3 Å². The van der Waals surface area contributed by atoms with Crippen LogP contribution >= 0.6 is 0 Å². The average molecular weight is 263 g/mol. The van der Waals surface area contributed by atoms with Crippen LogP contribution in [0.15, 0.2) is 30.3 Å². The molecule has 4 nitrogen and oxygen atoms in total. The molecular formula is C15H21NO3. The van der Waals surface area contributed by atoms with Crippen LogP contribution in [0.4, 0.5) is 0 Å². The largest absolute Gasteiger partial charge is 0.478 e. The zero-order valence-electron chi connectivity index (χ0n) is 11.5. The SMILES string of the molecule is COCCCN(C)Cc1ccccc1C=CC(=O)O. The van der Waals surface area contributed by atoms with Crippen molar-refractivity contribution in [1.29, 1.82) is 0 Å². The van der Waals surface area contributed by atoms with E-state index in [-0.39, 0.29) is 0 Å². The van der Waals surface area contributed by atoms with E-state index in [0.717, 1.165) is 37.2 Å². The second-order valence-corrected chi connectivity index (χ2v) is 4.45. The molecule has 0 atom stereocenters. The first kappa shape index (κ1) is 15.4. The molecule has 0 radical (unpaired) electrons. The molecule has 4 heteroatoms. The molecule has 0 aliphatic rings. The van der Waals surface area contributed by atoms with Crippen molar-refractivity contribution in [2.45, 2.75) is 13.0 Å². The summed E-state index contributed by atoms with van der Waals surface area (Å²) < 4.78 is 5.03. The smallest absolute Gasteiger partial charge is 0.328 e. The summed E-state index contributed by atoms with van der Waals surface area (Å²) in [5, 5.41) is 8.68. The predicted molar refractivity (Wildman–Crippen MR) is 75.9 cm³/mol. The number of carboxylic acids is 1. The molecule has 0 amide bonds. The Bertz CT molecular complexity index is 429. The van der Waals surface area contributed by atoms with Crippen LogP contribution in [0.2, 0.25) is 0 Å². The summed E-state index contributed by atoms with van der Waals surface area (Å²) in [7, 11) is 3.75. The van der Waals surface area contributed by atoms with E-state index in [9.17, 15) is 4.79 Å². The highest BCUT2D eigenvalue weighted by Crippen LogP contribution is 2.13. The van der Waals surface area contributed by atoms with Gasteiger partial charge in [-0.1, -0.05) is 24.3 Å². The molecule has 0 aliphatic carbocycles. The monoisotopic (exact) mass is 263 g/mol. The normalized spacial score (nSPS) is 11.3. The molecule has 0 heterocycles. The van der Waals surface area contributed by atoms with E-state index in [2.05, 4.69) is 4.90 Å². The second-order valence-electron chi connectivity index (χ2n) is 4.45. The van der Waals surface area contributed by atoms with Crippen molar-refractivity contribution >= 4 is 12.0 Å². The van der Waals surface area contributed by atoms with Gasteiger partial charge < -0.3 is 14.7 Å². The standard InChI is InChI=1S/C15H21NO3/c1-16(10-5-11-19-2)12-14-7-4-3-6-13(14)8-9-15(17)18/h3-4,6-9H,5,10-12H2,1-2H3,(H,17,18). The van der Waals surface area contributed by atoms with Gasteiger partial charge in [0.05, 0.1) is 0 Å². The Morgan fingerprint density at radius 3 is 2.84 bits per heavy atom. The van der Waals surface area contributed by atoms with E-state index in [0.29, 0.717) is 0 Å². The van der Waals surface area contributed by atoms with Crippen LogP contribution in [0.5, 0.6) is 0 Å². The van der Waals surface area contributed by atoms with Crippen LogP contribution in [0, 0.1) is 0 Å². The molecule has 0 unspecified atom stereocenters. The molecule has 0 aliphatic heterocycles. The van der Waals surface area contributed by atoms with E-state index in [4.69, 9.17) is 9.84 Å². The van der Waals surface area contributed by atoms with Crippen molar-refractivity contribution < 1.29 is 14.6 Å². The Balaban J connectivity index is 2.64. The third kappa shape index (κ3) is 6.18. The average Bonchev–Trinajstić information content (AvgIpc) is 2.38. The van der Waals surface area contributed by atoms with Gasteiger partial charge in [-0.2, -0.15) is 0 Å². The summed E-state index contributed by atoms with van der Waals surface area (Å²) in [5.74, 6) is -0.928. The lowest BCUT2D eigenvalue weighted by molar-refractivity contribution is -0.131. The summed E-state index contributed by atoms with van der Waals surface area (Å²) in [6.45, 7) is 2.50. The van der Waals surface area contributed by atoms with Gasteiger partial charge in [0, 0.05) is 32.9 Å². The van der Waals surface area contributed by atoms with Gasteiger partial charge in [-0.3, -0.25) is 0 Å². The molecule has 1 N–H and O–H groups in total. The fraction of sp³-hybridized carbons (Fsp3) is 0.400. The van der Waals surface area contributed by atoms with Crippen molar-refractivity contribution in [3.8, 4) is 0 Å². The molecule has 104 valence electrons. The number of carbonyl (C=O) groups is 1. The van der Waals surface area contributed by atoms with Crippen molar-refractivity contribution in [3.05, 3.63) is 41.5 Å². The molecule has 19 heavy (non-hydrogen) atoms. The predicted octanol–water partition coefficient (Wildman–Crippen LogP) is 2.25. The Kier molecular flexibility index (Phi) is 6.85. The van der Waals surface area contributed by atoms with Crippen LogP contribution < -0.4 is 0 Å². The van der Waals surface area contributed by atoms with Gasteiger partial charge in [-0.15, -0.1) is 0 Å². The highest BCUT2D eigenvalue weighted by Gasteiger charge is 2.03. The number of nitrogens with zero attached hydrogens (tertiary/aromatic N) is 1. The molecule has 0 aromatic heterocycles. The van der Waals surface area contributed by atoms with Gasteiger partial charge in [0.25, 0.3) is 0 Å². The van der Waals surface area contributed by atoms with Gasteiger partial charge >= 0.3 is 5.97 Å². The van der Waals surface area contributed by atoms with Crippen LogP contribution in [-0.2, 0) is 16.1 Å². The minimum atomic E-state index is -0.928. The highest BCUT2D eigenvalue weighted by atomic mass is 16.5. The molecule has 0 spiro atoms. The zero-order valence-corrected chi connectivity index (χ0v) is 11.5. The maximum Gasteiger partial charge on any atom is 0.328 e. The number of carboxylic acid groups (broad SMARTS) is 1. The zero-order chi connectivity index (χ0) is 14.1. The van der Waals surface area contributed by atoms with Gasteiger partial charge in [0.1, 0.15) is 0 Å². The lowest BCUT2D eigenvalue weighted by Crippen LogP contribution is -2.20. The first-order chi connectivity index (χ1) is 9.13. The first-order valence-electron chi connectivity index (χ1n) is 6.30. The summed E-state index contributed by atoms with van der Waals surface area (Å²) in [6.07, 6.45) is 3.80.